The summed E-state index contributed by atoms with van der Waals surface area (Å²) in [6.07, 6.45) is 0. The van der Waals surface area contributed by atoms with Crippen LogP contribution in [0.2, 0.25) is 0 Å². The first kappa shape index (κ1) is 26.4. The Hall–Kier alpha value is -3.89. The third-order valence-corrected chi connectivity index (χ3v) is 5.14. The Morgan fingerprint density at radius 1 is 0.529 bits per heavy atom. The Bertz CT molecular complexity index is 1230. The molecule has 5 aromatic rings. The van der Waals surface area contributed by atoms with Gasteiger partial charge in [0.15, 0.2) is 0 Å². The summed E-state index contributed by atoms with van der Waals surface area (Å²) in [7, 11) is 0. The number of hydrogen-bond acceptors (Lipinski definition) is 4. The zero-order valence-electron chi connectivity index (χ0n) is 19.3. The van der Waals surface area contributed by atoms with Crippen LogP contribution in [0.1, 0.15) is 11.1 Å². The van der Waals surface area contributed by atoms with Crippen molar-refractivity contribution in [2.24, 2.45) is 0 Å². The highest BCUT2D eigenvalue weighted by Gasteiger charge is 1.94. The molecule has 0 aliphatic carbocycles. The van der Waals surface area contributed by atoms with E-state index in [4.69, 9.17) is 10.2 Å². The number of rotatable bonds is 0. The molecule has 0 heterocycles. The van der Waals surface area contributed by atoms with Crippen molar-refractivity contribution in [3.05, 3.63) is 132 Å². The van der Waals surface area contributed by atoms with E-state index >= 15 is 0 Å². The van der Waals surface area contributed by atoms with Crippen LogP contribution in [0.15, 0.2) is 126 Å². The highest BCUT2D eigenvalue weighted by atomic mass is 32.1. The van der Waals surface area contributed by atoms with E-state index in [-0.39, 0.29) is 0 Å². The van der Waals surface area contributed by atoms with E-state index in [9.17, 15) is 5.11 Å². The zero-order chi connectivity index (χ0) is 24.8. The molecule has 5 rings (SSSR count). The lowest BCUT2D eigenvalue weighted by Crippen LogP contribution is -1.70. The summed E-state index contributed by atoms with van der Waals surface area (Å²) in [4.78, 5) is 1.06. The minimum atomic E-state index is 0.322. The monoisotopic (exact) mass is 470 g/mol. The van der Waals surface area contributed by atoms with Crippen molar-refractivity contribution in [2.45, 2.75) is 18.7 Å². The maximum atomic E-state index is 9.37. The average Bonchev–Trinajstić information content (AvgIpc) is 2.83. The molecule has 0 saturated heterocycles. The van der Waals surface area contributed by atoms with E-state index in [2.05, 4.69) is 12.6 Å². The number of fused-ring (bicyclic) bond motifs is 1. The van der Waals surface area contributed by atoms with Gasteiger partial charge in [0.1, 0.15) is 17.2 Å². The smallest absolute Gasteiger partial charge is 0.123 e. The van der Waals surface area contributed by atoms with Gasteiger partial charge in [0.25, 0.3) is 0 Å². The van der Waals surface area contributed by atoms with Gasteiger partial charge in [0, 0.05) is 10.3 Å². The summed E-state index contributed by atoms with van der Waals surface area (Å²) in [6, 6.07) is 37.2. The second-order valence-corrected chi connectivity index (χ2v) is 7.94. The van der Waals surface area contributed by atoms with Crippen molar-refractivity contribution in [3.8, 4) is 17.2 Å². The molecule has 3 nitrogen and oxygen atoms in total. The fourth-order valence-corrected chi connectivity index (χ4v) is 2.99. The van der Waals surface area contributed by atoms with Crippen molar-refractivity contribution in [3.63, 3.8) is 0 Å². The number of thiol groups is 1. The lowest BCUT2D eigenvalue weighted by molar-refractivity contribution is 0.474. The van der Waals surface area contributed by atoms with E-state index in [0.717, 1.165) is 21.2 Å². The maximum absolute atomic E-state index is 9.37. The highest BCUT2D eigenvalue weighted by molar-refractivity contribution is 7.80. The van der Waals surface area contributed by atoms with Gasteiger partial charge < -0.3 is 15.3 Å². The van der Waals surface area contributed by atoms with E-state index in [1.165, 1.54) is 5.56 Å². The van der Waals surface area contributed by atoms with Crippen molar-refractivity contribution < 1.29 is 15.3 Å². The summed E-state index contributed by atoms with van der Waals surface area (Å²) < 4.78 is 0. The Morgan fingerprint density at radius 3 is 1.59 bits per heavy atom. The van der Waals surface area contributed by atoms with Gasteiger partial charge in [-0.1, -0.05) is 84.9 Å². The van der Waals surface area contributed by atoms with Crippen molar-refractivity contribution in [2.75, 3.05) is 0 Å². The van der Waals surface area contributed by atoms with Crippen LogP contribution in [-0.4, -0.2) is 15.3 Å². The number of aromatic hydroxyl groups is 3. The summed E-state index contributed by atoms with van der Waals surface area (Å²) in [5, 5.41) is 28.8. The molecule has 3 N–H and O–H groups in total. The first-order chi connectivity index (χ1) is 16.4. The van der Waals surface area contributed by atoms with Gasteiger partial charge in [0.2, 0.25) is 0 Å². The van der Waals surface area contributed by atoms with Crippen LogP contribution in [0.4, 0.5) is 0 Å². The molecule has 0 fully saturated rings. The third-order valence-electron chi connectivity index (χ3n) is 4.64. The quantitative estimate of drug-likeness (QED) is 0.174. The van der Waals surface area contributed by atoms with E-state index < -0.39 is 0 Å². The fourth-order valence-electron chi connectivity index (χ4n) is 2.83. The van der Waals surface area contributed by atoms with Crippen LogP contribution in [0, 0.1) is 13.8 Å². The summed E-state index contributed by atoms with van der Waals surface area (Å²) in [6.45, 7) is 3.99. The Balaban J connectivity index is 0.000000163. The van der Waals surface area contributed by atoms with Crippen LogP contribution in [0.25, 0.3) is 10.8 Å². The largest absolute Gasteiger partial charge is 0.508 e. The Morgan fingerprint density at radius 2 is 1.09 bits per heavy atom. The van der Waals surface area contributed by atoms with E-state index in [1.54, 1.807) is 42.5 Å². The number of phenols is 3. The molecule has 0 aromatic heterocycles. The molecule has 4 heteroatoms. The zero-order valence-corrected chi connectivity index (χ0v) is 20.2. The summed E-state index contributed by atoms with van der Waals surface area (Å²) in [5.41, 5.74) is 2.32. The molecule has 0 radical (unpaired) electrons. The van der Waals surface area contributed by atoms with Crippen LogP contribution < -0.4 is 0 Å². The highest BCUT2D eigenvalue weighted by Crippen LogP contribution is 2.23. The standard InChI is InChI=1S/C10H8O.C7H8O.C7H8S.C6H6O/c11-10-7-3-5-8-4-1-2-6-9(8)10;1-6-3-2-4-7(8)5-6;1-6-4-2-3-5-7(6)8;7-6-4-2-1-3-5-6/h1-7,11H;2*2-5,8H,1H3;1-5,7H. The van der Waals surface area contributed by atoms with Crippen LogP contribution in [0.3, 0.4) is 0 Å². The predicted molar refractivity (Wildman–Crippen MR) is 145 cm³/mol. The molecule has 0 aliphatic heterocycles. The molecular formula is C30H30O3S. The van der Waals surface area contributed by atoms with Crippen LogP contribution in [0.5, 0.6) is 17.2 Å². The molecule has 0 amide bonds. The van der Waals surface area contributed by atoms with Crippen LogP contribution in [-0.2, 0) is 0 Å². The molecular weight excluding hydrogens is 440 g/mol. The number of benzene rings is 5. The molecule has 0 unspecified atom stereocenters. The Labute approximate surface area is 207 Å². The fraction of sp³-hybridized carbons (Fsp3) is 0.0667. The minimum absolute atomic E-state index is 0.322. The van der Waals surface area contributed by atoms with Crippen molar-refractivity contribution in [1.29, 1.82) is 0 Å². The topological polar surface area (TPSA) is 60.7 Å². The summed E-state index contributed by atoms with van der Waals surface area (Å²) >= 11 is 4.20. The lowest BCUT2D eigenvalue weighted by Gasteiger charge is -1.97. The lowest BCUT2D eigenvalue weighted by atomic mass is 10.1. The third kappa shape index (κ3) is 9.72. The minimum Gasteiger partial charge on any atom is -0.508 e. The molecule has 0 aliphatic rings. The maximum Gasteiger partial charge on any atom is 0.123 e. The first-order valence-corrected chi connectivity index (χ1v) is 11.2. The van der Waals surface area contributed by atoms with Gasteiger partial charge in [-0.05, 0) is 66.8 Å². The van der Waals surface area contributed by atoms with Crippen molar-refractivity contribution in [1.82, 2.24) is 0 Å². The van der Waals surface area contributed by atoms with Gasteiger partial charge in [-0.2, -0.15) is 0 Å². The number of aryl methyl sites for hydroxylation is 2. The van der Waals surface area contributed by atoms with Gasteiger partial charge in [-0.3, -0.25) is 0 Å². The van der Waals surface area contributed by atoms with Gasteiger partial charge in [-0.15, -0.1) is 12.6 Å². The number of para-hydroxylation sites is 1. The first-order valence-electron chi connectivity index (χ1n) is 10.8. The molecule has 174 valence electrons. The van der Waals surface area contributed by atoms with Crippen LogP contribution >= 0.6 is 12.6 Å². The Kier molecular flexibility index (Phi) is 11.1. The normalized spacial score (nSPS) is 9.38. The molecule has 34 heavy (non-hydrogen) atoms. The summed E-state index contributed by atoms with van der Waals surface area (Å²) in [5.74, 6) is 1.01. The molecule has 5 aromatic carbocycles. The van der Waals surface area contributed by atoms with Crippen molar-refractivity contribution >= 4 is 23.4 Å². The molecule has 0 atom stereocenters. The molecule has 0 bridgehead atoms. The predicted octanol–water partition coefficient (Wildman–Crippen LogP) is 7.92. The van der Waals surface area contributed by atoms with E-state index in [0.29, 0.717) is 17.2 Å². The average molecular weight is 471 g/mol. The van der Waals surface area contributed by atoms with E-state index in [1.807, 2.05) is 92.7 Å². The van der Waals surface area contributed by atoms with Gasteiger partial charge in [0.05, 0.1) is 0 Å². The SMILES string of the molecule is Cc1cccc(O)c1.Cc1ccccc1S.Oc1cccc2ccccc12.Oc1ccccc1. The molecule has 0 saturated carbocycles. The number of phenolic OH excluding ortho intramolecular Hbond substituents is 3. The van der Waals surface area contributed by atoms with Gasteiger partial charge >= 0.3 is 0 Å². The molecule has 0 spiro atoms. The number of hydrogen-bond donors (Lipinski definition) is 4. The second kappa shape index (κ2) is 14.3. The van der Waals surface area contributed by atoms with Gasteiger partial charge in [-0.25, -0.2) is 0 Å². The second-order valence-electron chi connectivity index (χ2n) is 7.46.